The summed E-state index contributed by atoms with van der Waals surface area (Å²) in [5.74, 6) is -1.27. The molecule has 1 aromatic rings. The molecule has 0 spiro atoms. The topological polar surface area (TPSA) is 104 Å². The van der Waals surface area contributed by atoms with Gasteiger partial charge >= 0.3 is 6.18 Å². The molecule has 2 saturated carbocycles. The molecule has 1 amide bonds. The van der Waals surface area contributed by atoms with Gasteiger partial charge in [-0.05, 0) is 50.7 Å². The lowest BCUT2D eigenvalue weighted by Gasteiger charge is -2.27. The number of rotatable bonds is 8. The summed E-state index contributed by atoms with van der Waals surface area (Å²) in [6.07, 6.45) is -1.05. The number of alkyl halides is 3. The lowest BCUT2D eigenvalue weighted by Crippen LogP contribution is -2.52. The molecule has 29 heavy (non-hydrogen) atoms. The number of aryl methyl sites for hydroxylation is 1. The summed E-state index contributed by atoms with van der Waals surface area (Å²) >= 11 is 0. The van der Waals surface area contributed by atoms with E-state index in [1.54, 1.807) is 0 Å². The van der Waals surface area contributed by atoms with Crippen LogP contribution in [0.4, 0.5) is 13.2 Å². The number of carbonyl (C=O) groups excluding carboxylic acids is 1. The summed E-state index contributed by atoms with van der Waals surface area (Å²) in [6, 6.07) is 1.22. The maximum Gasteiger partial charge on any atom is 0.409 e. The van der Waals surface area contributed by atoms with Crippen LogP contribution < -0.4 is 10.0 Å². The van der Waals surface area contributed by atoms with Gasteiger partial charge < -0.3 is 4.57 Å². The molecule has 11 heteroatoms. The van der Waals surface area contributed by atoms with E-state index in [-0.39, 0.29) is 11.6 Å². The first kappa shape index (κ1) is 21.6. The predicted octanol–water partition coefficient (Wildman–Crippen LogP) is 2.13. The van der Waals surface area contributed by atoms with E-state index in [0.29, 0.717) is 25.7 Å². The Morgan fingerprint density at radius 1 is 1.38 bits per heavy atom. The summed E-state index contributed by atoms with van der Waals surface area (Å²) in [4.78, 5) is 12.4. The quantitative estimate of drug-likeness (QED) is 0.655. The van der Waals surface area contributed by atoms with E-state index in [9.17, 15) is 31.6 Å². The minimum atomic E-state index is -4.69. The Balaban J connectivity index is 1.74. The normalized spacial score (nSPS) is 21.7. The molecule has 2 fully saturated rings. The maximum atomic E-state index is 13.5. The number of hydrogen-bond acceptors (Lipinski definition) is 5. The van der Waals surface area contributed by atoms with Crippen LogP contribution in [-0.2, 0) is 21.9 Å². The Morgan fingerprint density at radius 2 is 2.00 bits per heavy atom. The monoisotopic (exact) mass is 432 g/mol. The molecule has 3 atom stereocenters. The second-order valence-corrected chi connectivity index (χ2v) is 9.75. The molecule has 0 aromatic carbocycles. The van der Waals surface area contributed by atoms with E-state index in [0.717, 1.165) is 0 Å². The molecule has 1 aromatic heterocycles. The number of aromatic nitrogens is 1. The van der Waals surface area contributed by atoms with Crippen molar-refractivity contribution in [3.63, 3.8) is 0 Å². The zero-order valence-corrected chi connectivity index (χ0v) is 16.8. The van der Waals surface area contributed by atoms with Gasteiger partial charge in [-0.15, -0.1) is 0 Å². The van der Waals surface area contributed by atoms with E-state index >= 15 is 0 Å². The van der Waals surface area contributed by atoms with Crippen LogP contribution in [0.15, 0.2) is 18.3 Å². The number of sulfonamides is 1. The summed E-state index contributed by atoms with van der Waals surface area (Å²) in [5.41, 5.74) is -1.10. The van der Waals surface area contributed by atoms with Crippen LogP contribution >= 0.6 is 0 Å². The molecule has 0 aliphatic heterocycles. The SMILES string of the molecule is C[C@@H](N[C@@H](c1cccn1C)C(F)(F)F)C(=O)NS(=O)(=O)C(C1CC1)C1(C#N)CC1. The van der Waals surface area contributed by atoms with Crippen LogP contribution in [0.1, 0.15) is 44.3 Å². The van der Waals surface area contributed by atoms with Crippen LogP contribution in [-0.4, -0.2) is 36.4 Å². The van der Waals surface area contributed by atoms with E-state index < -0.39 is 44.9 Å². The van der Waals surface area contributed by atoms with Crippen LogP contribution in [0.25, 0.3) is 0 Å². The van der Waals surface area contributed by atoms with Crippen LogP contribution in [0.5, 0.6) is 0 Å². The highest BCUT2D eigenvalue weighted by molar-refractivity contribution is 7.90. The Labute approximate surface area is 167 Å². The average Bonchev–Trinajstić information content (AvgIpc) is 3.53. The minimum absolute atomic E-state index is 0.0997. The number of nitrogens with one attached hydrogen (secondary N) is 2. The van der Waals surface area contributed by atoms with Gasteiger partial charge in [-0.1, -0.05) is 0 Å². The number of hydrogen-bond donors (Lipinski definition) is 2. The molecule has 0 radical (unpaired) electrons. The number of nitriles is 1. The highest BCUT2D eigenvalue weighted by Gasteiger charge is 2.61. The number of amides is 1. The summed E-state index contributed by atoms with van der Waals surface area (Å²) in [7, 11) is -2.75. The Kier molecular flexibility index (Phi) is 5.47. The third-order valence-electron chi connectivity index (χ3n) is 5.60. The van der Waals surface area contributed by atoms with Crippen molar-refractivity contribution >= 4 is 15.9 Å². The van der Waals surface area contributed by atoms with E-state index in [2.05, 4.69) is 11.4 Å². The molecule has 7 nitrogen and oxygen atoms in total. The first-order valence-electron chi connectivity index (χ1n) is 9.32. The molecule has 0 bridgehead atoms. The second-order valence-electron chi connectivity index (χ2n) is 7.94. The van der Waals surface area contributed by atoms with E-state index in [1.807, 2.05) is 4.72 Å². The van der Waals surface area contributed by atoms with Crippen molar-refractivity contribution in [3.8, 4) is 6.07 Å². The molecule has 1 heterocycles. The first-order chi connectivity index (χ1) is 13.4. The van der Waals surface area contributed by atoms with Gasteiger partial charge in [0.1, 0.15) is 11.3 Å². The van der Waals surface area contributed by atoms with E-state index in [1.165, 1.54) is 36.9 Å². The molecule has 160 valence electrons. The van der Waals surface area contributed by atoms with Gasteiger partial charge in [-0.2, -0.15) is 18.4 Å². The Bertz CT molecular complexity index is 927. The van der Waals surface area contributed by atoms with Gasteiger partial charge in [-0.25, -0.2) is 8.42 Å². The molecular formula is C18H23F3N4O3S. The molecule has 2 N–H and O–H groups in total. The fraction of sp³-hybridized carbons (Fsp3) is 0.667. The van der Waals surface area contributed by atoms with Crippen molar-refractivity contribution in [2.75, 3.05) is 0 Å². The average molecular weight is 432 g/mol. The zero-order chi connectivity index (χ0) is 21.6. The maximum absolute atomic E-state index is 13.5. The molecular weight excluding hydrogens is 409 g/mol. The fourth-order valence-electron chi connectivity index (χ4n) is 3.73. The lowest BCUT2D eigenvalue weighted by atomic mass is 10.0. The van der Waals surface area contributed by atoms with Gasteiger partial charge in [-0.3, -0.25) is 14.8 Å². The van der Waals surface area contributed by atoms with Gasteiger partial charge in [0.2, 0.25) is 15.9 Å². The molecule has 2 aliphatic carbocycles. The summed E-state index contributed by atoms with van der Waals surface area (Å²) in [6.45, 7) is 1.18. The van der Waals surface area contributed by atoms with Crippen LogP contribution in [0, 0.1) is 22.7 Å². The molecule has 0 saturated heterocycles. The minimum Gasteiger partial charge on any atom is -0.353 e. The Hall–Kier alpha value is -2.06. The first-order valence-corrected chi connectivity index (χ1v) is 10.9. The van der Waals surface area contributed by atoms with Gasteiger partial charge in [0.25, 0.3) is 0 Å². The van der Waals surface area contributed by atoms with Gasteiger partial charge in [0, 0.05) is 18.9 Å². The van der Waals surface area contributed by atoms with Crippen molar-refractivity contribution in [1.29, 1.82) is 5.26 Å². The zero-order valence-electron chi connectivity index (χ0n) is 16.0. The van der Waals surface area contributed by atoms with E-state index in [4.69, 9.17) is 0 Å². The highest BCUT2D eigenvalue weighted by Crippen LogP contribution is 2.57. The van der Waals surface area contributed by atoms with Crippen molar-refractivity contribution in [2.45, 2.75) is 56.1 Å². The van der Waals surface area contributed by atoms with Crippen LogP contribution in [0.2, 0.25) is 0 Å². The smallest absolute Gasteiger partial charge is 0.353 e. The van der Waals surface area contributed by atoms with Crippen molar-refractivity contribution in [1.82, 2.24) is 14.6 Å². The second kappa shape index (κ2) is 7.32. The third kappa shape index (κ3) is 4.43. The lowest BCUT2D eigenvalue weighted by molar-refractivity contribution is -0.161. The summed E-state index contributed by atoms with van der Waals surface area (Å²) < 4.78 is 69.3. The molecule has 1 unspecified atom stereocenters. The van der Waals surface area contributed by atoms with Gasteiger partial charge in [0.15, 0.2) is 0 Å². The van der Waals surface area contributed by atoms with Crippen molar-refractivity contribution in [2.24, 2.45) is 18.4 Å². The fourth-order valence-corrected chi connectivity index (χ4v) is 5.98. The summed E-state index contributed by atoms with van der Waals surface area (Å²) in [5, 5.41) is 10.6. The molecule has 2 aliphatic rings. The van der Waals surface area contributed by atoms with Crippen LogP contribution in [0.3, 0.4) is 0 Å². The number of nitrogens with zero attached hydrogens (tertiary/aromatic N) is 2. The highest BCUT2D eigenvalue weighted by atomic mass is 32.2. The number of carbonyl (C=O) groups is 1. The Morgan fingerprint density at radius 3 is 2.41 bits per heavy atom. The van der Waals surface area contributed by atoms with Gasteiger partial charge in [0.05, 0.1) is 17.5 Å². The van der Waals surface area contributed by atoms with Crippen molar-refractivity contribution < 1.29 is 26.4 Å². The van der Waals surface area contributed by atoms with Crippen molar-refractivity contribution in [3.05, 3.63) is 24.0 Å². The predicted molar refractivity (Wildman–Crippen MR) is 97.7 cm³/mol. The largest absolute Gasteiger partial charge is 0.409 e. The standard InChI is InChI=1S/C18H23F3N4O3S/c1-11(23-14(18(19,20)21)13-4-3-9-25(13)2)16(26)24-29(27,28)15(12-5-6-12)17(10-22)7-8-17/h3-4,9,11-12,14-15,23H,5-8H2,1-2H3,(H,24,26)/t11-,14+,15?/m1/s1. The third-order valence-corrected chi connectivity index (χ3v) is 7.59. The molecule has 3 rings (SSSR count). The number of halogens is 3.